The van der Waals surface area contributed by atoms with Gasteiger partial charge in [-0.25, -0.2) is 23.5 Å². The van der Waals surface area contributed by atoms with Gasteiger partial charge >= 0.3 is 5.97 Å². The number of nitrogens with zero attached hydrogens (tertiary/aromatic N) is 2. The number of anilines is 1. The third-order valence-corrected chi connectivity index (χ3v) is 2.36. The molecule has 0 saturated carbocycles. The molecule has 0 unspecified atom stereocenters. The molecule has 0 atom stereocenters. The summed E-state index contributed by atoms with van der Waals surface area (Å²) in [6, 6.07) is 3.15. The van der Waals surface area contributed by atoms with E-state index in [0.717, 1.165) is 12.1 Å². The second kappa shape index (κ2) is 5.38. The van der Waals surface area contributed by atoms with E-state index in [-0.39, 0.29) is 23.6 Å². The molecule has 1 heterocycles. The van der Waals surface area contributed by atoms with E-state index in [9.17, 15) is 13.6 Å². The number of hydrogen-bond donors (Lipinski definition) is 2. The zero-order valence-electron chi connectivity index (χ0n) is 9.60. The first kappa shape index (κ1) is 12.9. The molecule has 0 fully saturated rings. The summed E-state index contributed by atoms with van der Waals surface area (Å²) in [6.45, 7) is -0.0227. The molecule has 2 N–H and O–H groups in total. The maximum absolute atomic E-state index is 13.4. The van der Waals surface area contributed by atoms with Crippen molar-refractivity contribution >= 4 is 11.8 Å². The molecule has 19 heavy (non-hydrogen) atoms. The molecule has 0 spiro atoms. The molecule has 0 saturated heterocycles. The Labute approximate surface area is 106 Å². The Morgan fingerprint density at radius 2 is 2.00 bits per heavy atom. The minimum atomic E-state index is -1.24. The first-order chi connectivity index (χ1) is 9.08. The average molecular weight is 265 g/mol. The molecule has 1 aromatic heterocycles. The van der Waals surface area contributed by atoms with Crippen LogP contribution >= 0.6 is 0 Å². The number of rotatable bonds is 4. The summed E-state index contributed by atoms with van der Waals surface area (Å²) in [7, 11) is 0. The van der Waals surface area contributed by atoms with Crippen molar-refractivity contribution in [1.29, 1.82) is 0 Å². The summed E-state index contributed by atoms with van der Waals surface area (Å²) in [4.78, 5) is 18.3. The lowest BCUT2D eigenvalue weighted by molar-refractivity contribution is 0.0691. The van der Waals surface area contributed by atoms with E-state index in [1.807, 2.05) is 0 Å². The molecule has 0 aliphatic carbocycles. The average Bonchev–Trinajstić information content (AvgIpc) is 2.38. The van der Waals surface area contributed by atoms with Crippen LogP contribution in [0.5, 0.6) is 0 Å². The number of benzene rings is 1. The molecule has 2 aromatic rings. The number of aromatic nitrogens is 2. The van der Waals surface area contributed by atoms with Crippen LogP contribution in [0.4, 0.5) is 14.6 Å². The van der Waals surface area contributed by atoms with Gasteiger partial charge in [-0.1, -0.05) is 6.07 Å². The van der Waals surface area contributed by atoms with Gasteiger partial charge in [0, 0.05) is 30.6 Å². The maximum atomic E-state index is 13.4. The maximum Gasteiger partial charge on any atom is 0.358 e. The van der Waals surface area contributed by atoms with Crippen LogP contribution in [0.25, 0.3) is 0 Å². The van der Waals surface area contributed by atoms with E-state index in [0.29, 0.717) is 0 Å². The Morgan fingerprint density at radius 3 is 2.68 bits per heavy atom. The Balaban J connectivity index is 2.17. The summed E-state index contributed by atoms with van der Waals surface area (Å²) < 4.78 is 26.1. The van der Waals surface area contributed by atoms with Crippen LogP contribution in [-0.2, 0) is 6.54 Å². The largest absolute Gasteiger partial charge is 0.476 e. The van der Waals surface area contributed by atoms with Crippen LogP contribution in [0.15, 0.2) is 30.6 Å². The lowest BCUT2D eigenvalue weighted by atomic mass is 10.2. The second-order valence-electron chi connectivity index (χ2n) is 3.65. The van der Waals surface area contributed by atoms with Gasteiger partial charge in [0.15, 0.2) is 11.5 Å². The number of carbonyl (C=O) groups is 1. The predicted octanol–water partition coefficient (Wildman–Crippen LogP) is 2.07. The van der Waals surface area contributed by atoms with Crippen LogP contribution in [0, 0.1) is 11.6 Å². The van der Waals surface area contributed by atoms with Crippen LogP contribution in [0.3, 0.4) is 0 Å². The van der Waals surface area contributed by atoms with Gasteiger partial charge < -0.3 is 10.4 Å². The van der Waals surface area contributed by atoms with E-state index in [4.69, 9.17) is 5.11 Å². The second-order valence-corrected chi connectivity index (χ2v) is 3.65. The number of carboxylic acid groups (broad SMARTS) is 1. The fraction of sp³-hybridized carbons (Fsp3) is 0.0833. The van der Waals surface area contributed by atoms with Crippen LogP contribution in [0.2, 0.25) is 0 Å². The molecule has 1 aromatic carbocycles. The predicted molar refractivity (Wildman–Crippen MR) is 62.7 cm³/mol. The lowest BCUT2D eigenvalue weighted by Crippen LogP contribution is -2.10. The zero-order chi connectivity index (χ0) is 13.8. The standard InChI is InChI=1S/C12H9F2N3O2/c13-8-2-1-7(9(14)5-8)6-17-11-10(12(18)19)15-3-4-16-11/h1-5H,6H2,(H,16,17)(H,18,19). The third kappa shape index (κ3) is 3.01. The van der Waals surface area contributed by atoms with Gasteiger partial charge in [-0.05, 0) is 6.07 Å². The lowest BCUT2D eigenvalue weighted by Gasteiger charge is -2.08. The van der Waals surface area contributed by atoms with Gasteiger partial charge in [-0.3, -0.25) is 0 Å². The van der Waals surface area contributed by atoms with E-state index >= 15 is 0 Å². The van der Waals surface area contributed by atoms with Gasteiger partial charge in [-0.15, -0.1) is 0 Å². The normalized spacial score (nSPS) is 10.2. The van der Waals surface area contributed by atoms with Crippen molar-refractivity contribution < 1.29 is 18.7 Å². The number of nitrogens with one attached hydrogen (secondary N) is 1. The summed E-state index contributed by atoms with van der Waals surface area (Å²) in [5.74, 6) is -2.60. The van der Waals surface area contributed by atoms with Crippen LogP contribution in [0.1, 0.15) is 16.1 Å². The van der Waals surface area contributed by atoms with Crippen molar-refractivity contribution in [3.05, 3.63) is 53.5 Å². The number of carboxylic acids is 1. The van der Waals surface area contributed by atoms with E-state index < -0.39 is 17.6 Å². The molecular weight excluding hydrogens is 256 g/mol. The number of hydrogen-bond acceptors (Lipinski definition) is 4. The quantitative estimate of drug-likeness (QED) is 0.885. The molecule has 98 valence electrons. The van der Waals surface area contributed by atoms with Crippen molar-refractivity contribution in [1.82, 2.24) is 9.97 Å². The molecular formula is C12H9F2N3O2. The fourth-order valence-electron chi connectivity index (χ4n) is 1.47. The third-order valence-electron chi connectivity index (χ3n) is 2.36. The smallest absolute Gasteiger partial charge is 0.358 e. The van der Waals surface area contributed by atoms with Crippen LogP contribution < -0.4 is 5.32 Å². The van der Waals surface area contributed by atoms with Gasteiger partial charge in [0.25, 0.3) is 0 Å². The van der Waals surface area contributed by atoms with Crippen molar-refractivity contribution in [2.45, 2.75) is 6.54 Å². The molecule has 7 heteroatoms. The molecule has 5 nitrogen and oxygen atoms in total. The monoisotopic (exact) mass is 265 g/mol. The van der Waals surface area contributed by atoms with Crippen molar-refractivity contribution in [3.63, 3.8) is 0 Å². The van der Waals surface area contributed by atoms with Gasteiger partial charge in [0.05, 0.1) is 0 Å². The highest BCUT2D eigenvalue weighted by Crippen LogP contribution is 2.13. The summed E-state index contributed by atoms with van der Waals surface area (Å²) in [5, 5.41) is 11.5. The molecule has 0 aliphatic heterocycles. The zero-order valence-corrected chi connectivity index (χ0v) is 9.60. The molecule has 0 amide bonds. The summed E-state index contributed by atoms with van der Waals surface area (Å²) in [6.07, 6.45) is 2.56. The Kier molecular flexibility index (Phi) is 3.65. The van der Waals surface area contributed by atoms with Crippen LogP contribution in [-0.4, -0.2) is 21.0 Å². The highest BCUT2D eigenvalue weighted by atomic mass is 19.1. The minimum absolute atomic E-state index is 0.0227. The Morgan fingerprint density at radius 1 is 1.26 bits per heavy atom. The van der Waals surface area contributed by atoms with E-state index in [1.165, 1.54) is 18.5 Å². The van der Waals surface area contributed by atoms with Crippen molar-refractivity contribution in [2.24, 2.45) is 0 Å². The number of halogens is 2. The SMILES string of the molecule is O=C(O)c1nccnc1NCc1ccc(F)cc1F. The minimum Gasteiger partial charge on any atom is -0.476 e. The fourth-order valence-corrected chi connectivity index (χ4v) is 1.47. The van der Waals surface area contributed by atoms with Gasteiger partial charge in [0.2, 0.25) is 0 Å². The van der Waals surface area contributed by atoms with Gasteiger partial charge in [0.1, 0.15) is 11.6 Å². The highest BCUT2D eigenvalue weighted by Gasteiger charge is 2.12. The first-order valence-electron chi connectivity index (χ1n) is 5.30. The molecule has 0 aliphatic rings. The molecule has 0 bridgehead atoms. The number of aromatic carboxylic acids is 1. The van der Waals surface area contributed by atoms with E-state index in [1.54, 1.807) is 0 Å². The van der Waals surface area contributed by atoms with Gasteiger partial charge in [-0.2, -0.15) is 0 Å². The summed E-state index contributed by atoms with van der Waals surface area (Å²) in [5.41, 5.74) is -0.0617. The summed E-state index contributed by atoms with van der Waals surface area (Å²) >= 11 is 0. The first-order valence-corrected chi connectivity index (χ1v) is 5.30. The molecule has 0 radical (unpaired) electrons. The highest BCUT2D eigenvalue weighted by molar-refractivity contribution is 5.90. The van der Waals surface area contributed by atoms with Crippen molar-refractivity contribution in [2.75, 3.05) is 5.32 Å². The topological polar surface area (TPSA) is 75.1 Å². The van der Waals surface area contributed by atoms with E-state index in [2.05, 4.69) is 15.3 Å². The van der Waals surface area contributed by atoms with Crippen molar-refractivity contribution in [3.8, 4) is 0 Å². The molecule has 2 rings (SSSR count). The Bertz CT molecular complexity index is 620. The Hall–Kier alpha value is -2.57.